The van der Waals surface area contributed by atoms with E-state index in [9.17, 15) is 8.78 Å². The minimum absolute atomic E-state index is 0.158. The number of rotatable bonds is 3. The van der Waals surface area contributed by atoms with Crippen LogP contribution in [0.5, 0.6) is 0 Å². The average Bonchev–Trinajstić information content (AvgIpc) is 2.39. The van der Waals surface area contributed by atoms with Crippen molar-refractivity contribution >= 4 is 5.82 Å². The van der Waals surface area contributed by atoms with E-state index < -0.39 is 11.6 Å². The Hall–Kier alpha value is -2.48. The van der Waals surface area contributed by atoms with Crippen molar-refractivity contribution in [2.75, 3.05) is 11.9 Å². The number of nitrogens with zero attached hydrogens (tertiary/aromatic N) is 2. The number of pyridine rings is 1. The largest absolute Gasteiger partial charge is 0.369 e. The highest BCUT2D eigenvalue weighted by Gasteiger charge is 2.14. The third-order valence-electron chi connectivity index (χ3n) is 2.58. The number of benzene rings is 1. The predicted octanol–water partition coefficient (Wildman–Crippen LogP) is 3.33. The first-order chi connectivity index (χ1) is 9.17. The fourth-order valence-corrected chi connectivity index (χ4v) is 1.73. The highest BCUT2D eigenvalue weighted by Crippen LogP contribution is 2.26. The summed E-state index contributed by atoms with van der Waals surface area (Å²) >= 11 is 0. The van der Waals surface area contributed by atoms with E-state index in [0.29, 0.717) is 17.9 Å². The van der Waals surface area contributed by atoms with Gasteiger partial charge >= 0.3 is 0 Å². The molecule has 0 fully saturated rings. The molecule has 0 bridgehead atoms. The Kier molecular flexibility index (Phi) is 3.71. The lowest BCUT2D eigenvalue weighted by molar-refractivity contribution is 0.588. The number of anilines is 1. The average molecular weight is 259 g/mol. The fourth-order valence-electron chi connectivity index (χ4n) is 1.73. The van der Waals surface area contributed by atoms with E-state index in [-0.39, 0.29) is 11.3 Å². The molecule has 19 heavy (non-hydrogen) atoms. The Morgan fingerprint density at radius 3 is 2.47 bits per heavy atom. The Bertz CT molecular complexity index is 627. The van der Waals surface area contributed by atoms with Crippen molar-refractivity contribution in [2.24, 2.45) is 0 Å². The Balaban J connectivity index is 2.58. The van der Waals surface area contributed by atoms with E-state index in [0.717, 1.165) is 0 Å². The molecule has 0 aliphatic rings. The minimum atomic E-state index is -0.681. The molecule has 0 aliphatic heterocycles. The van der Waals surface area contributed by atoms with Gasteiger partial charge in [-0.25, -0.2) is 13.8 Å². The number of hydrogen-bond acceptors (Lipinski definition) is 3. The van der Waals surface area contributed by atoms with E-state index in [4.69, 9.17) is 5.26 Å². The first kappa shape index (κ1) is 13.0. The zero-order valence-corrected chi connectivity index (χ0v) is 10.2. The maximum absolute atomic E-state index is 13.7. The topological polar surface area (TPSA) is 48.7 Å². The van der Waals surface area contributed by atoms with Crippen LogP contribution >= 0.6 is 0 Å². The highest BCUT2D eigenvalue weighted by atomic mass is 19.1. The van der Waals surface area contributed by atoms with E-state index >= 15 is 0 Å². The third-order valence-corrected chi connectivity index (χ3v) is 2.58. The van der Waals surface area contributed by atoms with E-state index in [1.54, 1.807) is 0 Å². The lowest BCUT2D eigenvalue weighted by Gasteiger charge is -2.09. The quantitative estimate of drug-likeness (QED) is 0.919. The first-order valence-electron chi connectivity index (χ1n) is 5.76. The molecule has 0 unspecified atom stereocenters. The zero-order valence-electron chi connectivity index (χ0n) is 10.2. The second kappa shape index (κ2) is 5.44. The van der Waals surface area contributed by atoms with Gasteiger partial charge < -0.3 is 5.32 Å². The zero-order chi connectivity index (χ0) is 13.8. The van der Waals surface area contributed by atoms with E-state index in [2.05, 4.69) is 10.3 Å². The molecule has 2 aromatic rings. The van der Waals surface area contributed by atoms with Gasteiger partial charge in [-0.05, 0) is 31.2 Å². The Morgan fingerprint density at radius 1 is 1.21 bits per heavy atom. The van der Waals surface area contributed by atoms with Gasteiger partial charge in [-0.15, -0.1) is 0 Å². The van der Waals surface area contributed by atoms with Gasteiger partial charge in [-0.1, -0.05) is 6.07 Å². The standard InChI is InChI=1S/C14H11F2N3/c1-2-18-14-9(8-17)6-7-12(19-14)13-10(15)4-3-5-11(13)16/h3-7H,2H2,1H3,(H,18,19). The molecule has 0 spiro atoms. The van der Waals surface area contributed by atoms with Crippen molar-refractivity contribution < 1.29 is 8.78 Å². The molecule has 5 heteroatoms. The predicted molar refractivity (Wildman–Crippen MR) is 68.5 cm³/mol. The molecule has 1 N–H and O–H groups in total. The lowest BCUT2D eigenvalue weighted by Crippen LogP contribution is -2.03. The highest BCUT2D eigenvalue weighted by molar-refractivity contribution is 5.65. The van der Waals surface area contributed by atoms with Gasteiger partial charge in [0.25, 0.3) is 0 Å². The summed E-state index contributed by atoms with van der Waals surface area (Å²) in [6, 6.07) is 8.54. The van der Waals surface area contributed by atoms with Gasteiger partial charge in [0.05, 0.1) is 16.8 Å². The second-order valence-electron chi connectivity index (χ2n) is 3.83. The first-order valence-corrected chi connectivity index (χ1v) is 5.76. The fraction of sp³-hybridized carbons (Fsp3) is 0.143. The number of nitrogens with one attached hydrogen (secondary N) is 1. The van der Waals surface area contributed by atoms with Crippen molar-refractivity contribution in [3.63, 3.8) is 0 Å². The van der Waals surface area contributed by atoms with Gasteiger partial charge in [0.2, 0.25) is 0 Å². The minimum Gasteiger partial charge on any atom is -0.369 e. The van der Waals surface area contributed by atoms with E-state index in [1.165, 1.54) is 30.3 Å². The summed E-state index contributed by atoms with van der Waals surface area (Å²) in [7, 11) is 0. The van der Waals surface area contributed by atoms with Crippen LogP contribution in [0.1, 0.15) is 12.5 Å². The van der Waals surface area contributed by atoms with Crippen LogP contribution in [0.3, 0.4) is 0 Å². The second-order valence-corrected chi connectivity index (χ2v) is 3.83. The summed E-state index contributed by atoms with van der Waals surface area (Å²) in [6.07, 6.45) is 0. The molecule has 0 saturated heterocycles. The van der Waals surface area contributed by atoms with Gasteiger partial charge in [-0.2, -0.15) is 5.26 Å². The van der Waals surface area contributed by atoms with Gasteiger partial charge in [0, 0.05) is 6.54 Å². The summed E-state index contributed by atoms with van der Waals surface area (Å²) in [6.45, 7) is 2.41. The maximum atomic E-state index is 13.7. The van der Waals surface area contributed by atoms with Crippen LogP contribution in [0.25, 0.3) is 11.3 Å². The molecule has 1 aromatic heterocycles. The third kappa shape index (κ3) is 2.52. The van der Waals surface area contributed by atoms with Crippen molar-refractivity contribution in [1.82, 2.24) is 4.98 Å². The molecule has 0 atom stereocenters. The number of halogens is 2. The van der Waals surface area contributed by atoms with Crippen LogP contribution in [0.4, 0.5) is 14.6 Å². The van der Waals surface area contributed by atoms with Gasteiger partial charge in [0.1, 0.15) is 23.5 Å². The summed E-state index contributed by atoms with van der Waals surface area (Å²) < 4.78 is 27.3. The van der Waals surface area contributed by atoms with Crippen LogP contribution in [-0.2, 0) is 0 Å². The van der Waals surface area contributed by atoms with Gasteiger partial charge in [0.15, 0.2) is 0 Å². The van der Waals surface area contributed by atoms with Crippen molar-refractivity contribution in [3.05, 3.63) is 47.5 Å². The summed E-state index contributed by atoms with van der Waals surface area (Å²) in [5.74, 6) is -1.04. The molecule has 3 nitrogen and oxygen atoms in total. The summed E-state index contributed by atoms with van der Waals surface area (Å²) in [5, 5.41) is 11.8. The molecule has 0 amide bonds. The maximum Gasteiger partial charge on any atom is 0.144 e. The monoisotopic (exact) mass is 259 g/mol. The van der Waals surface area contributed by atoms with Crippen molar-refractivity contribution in [1.29, 1.82) is 5.26 Å². The summed E-state index contributed by atoms with van der Waals surface area (Å²) in [4.78, 5) is 4.11. The molecule has 96 valence electrons. The molecule has 0 aliphatic carbocycles. The number of hydrogen-bond donors (Lipinski definition) is 1. The number of aromatic nitrogens is 1. The molecule has 2 rings (SSSR count). The van der Waals surface area contributed by atoms with Crippen LogP contribution in [0, 0.1) is 23.0 Å². The Labute approximate surface area is 109 Å². The Morgan fingerprint density at radius 2 is 1.89 bits per heavy atom. The molecular weight excluding hydrogens is 248 g/mol. The number of nitriles is 1. The smallest absolute Gasteiger partial charge is 0.144 e. The molecule has 1 heterocycles. The molecule has 0 radical (unpaired) electrons. The molecule has 0 saturated carbocycles. The van der Waals surface area contributed by atoms with E-state index in [1.807, 2.05) is 13.0 Å². The summed E-state index contributed by atoms with van der Waals surface area (Å²) in [5.41, 5.74) is 0.305. The van der Waals surface area contributed by atoms with Crippen molar-refractivity contribution in [2.45, 2.75) is 6.92 Å². The van der Waals surface area contributed by atoms with Crippen LogP contribution in [0.2, 0.25) is 0 Å². The molecule has 1 aromatic carbocycles. The van der Waals surface area contributed by atoms with Crippen LogP contribution in [0.15, 0.2) is 30.3 Å². The molecular formula is C14H11F2N3. The van der Waals surface area contributed by atoms with Gasteiger partial charge in [-0.3, -0.25) is 0 Å². The SMILES string of the molecule is CCNc1nc(-c2c(F)cccc2F)ccc1C#N. The normalized spacial score (nSPS) is 10.0. The lowest BCUT2D eigenvalue weighted by atomic mass is 10.1. The van der Waals surface area contributed by atoms with Crippen molar-refractivity contribution in [3.8, 4) is 17.3 Å². The van der Waals surface area contributed by atoms with Crippen LogP contribution in [-0.4, -0.2) is 11.5 Å². The van der Waals surface area contributed by atoms with Crippen LogP contribution < -0.4 is 5.32 Å².